The van der Waals surface area contributed by atoms with Crippen molar-refractivity contribution < 1.29 is 26.4 Å². The summed E-state index contributed by atoms with van der Waals surface area (Å²) in [6.07, 6.45) is -1.86. The van der Waals surface area contributed by atoms with E-state index in [0.29, 0.717) is 5.02 Å². The van der Waals surface area contributed by atoms with E-state index in [2.05, 4.69) is 10.4 Å². The Kier molecular flexibility index (Phi) is 6.39. The molecule has 0 bridgehead atoms. The average molecular weight is 473 g/mol. The number of nitrogens with zero attached hydrogens (tertiary/aromatic N) is 3. The Labute approximate surface area is 181 Å². The fourth-order valence-corrected chi connectivity index (χ4v) is 3.96. The molecule has 7 nitrogen and oxygen atoms in total. The van der Waals surface area contributed by atoms with Crippen molar-refractivity contribution in [3.05, 3.63) is 71.5 Å². The number of likely N-dealkylation sites (N-methyl/N-ethyl adjacent to an activating group) is 1. The lowest BCUT2D eigenvalue weighted by atomic mass is 10.1. The highest BCUT2D eigenvalue weighted by Crippen LogP contribution is 2.36. The lowest BCUT2D eigenvalue weighted by molar-refractivity contribution is -0.137. The molecule has 12 heteroatoms. The molecule has 1 amide bonds. The highest BCUT2D eigenvalue weighted by atomic mass is 35.5. The average Bonchev–Trinajstić information content (AvgIpc) is 3.22. The molecule has 2 aromatic carbocycles. The summed E-state index contributed by atoms with van der Waals surface area (Å²) in [5, 5.41) is 6.35. The van der Waals surface area contributed by atoms with Crippen molar-refractivity contribution in [2.24, 2.45) is 0 Å². The van der Waals surface area contributed by atoms with Crippen molar-refractivity contribution in [2.75, 3.05) is 18.9 Å². The zero-order valence-corrected chi connectivity index (χ0v) is 17.5. The van der Waals surface area contributed by atoms with E-state index in [-0.39, 0.29) is 10.6 Å². The fraction of sp³-hybridized carbons (Fsp3) is 0.158. The second-order valence-corrected chi connectivity index (χ2v) is 8.92. The molecule has 0 saturated carbocycles. The van der Waals surface area contributed by atoms with Gasteiger partial charge in [-0.1, -0.05) is 11.6 Å². The summed E-state index contributed by atoms with van der Waals surface area (Å²) in [6, 6.07) is 10.1. The number of hydrogen-bond donors (Lipinski definition) is 1. The van der Waals surface area contributed by atoms with Crippen LogP contribution in [0.5, 0.6) is 0 Å². The molecule has 1 heterocycles. The van der Waals surface area contributed by atoms with Gasteiger partial charge in [0.2, 0.25) is 15.9 Å². The molecular formula is C19H16ClF3N4O3S. The third kappa shape index (κ3) is 5.24. The van der Waals surface area contributed by atoms with Crippen LogP contribution in [0.2, 0.25) is 5.02 Å². The third-order valence-corrected chi connectivity index (χ3v) is 6.31. The molecule has 0 spiro atoms. The second kappa shape index (κ2) is 8.69. The topological polar surface area (TPSA) is 84.3 Å². The maximum atomic E-state index is 13.5. The standard InChI is InChI=1S/C19H16ClF3N4O3S/c1-26(31(29,30)15-6-3-13(20)4-7-15)12-18(28)25-17-8-5-14(27-10-2-9-24-27)11-16(17)19(21,22)23/h2-11H,12H2,1H3,(H,25,28). The second-order valence-electron chi connectivity index (χ2n) is 6.44. The van der Waals surface area contributed by atoms with Crippen molar-refractivity contribution in [1.82, 2.24) is 14.1 Å². The number of amides is 1. The van der Waals surface area contributed by atoms with E-state index in [4.69, 9.17) is 11.6 Å². The minimum Gasteiger partial charge on any atom is -0.324 e. The molecule has 0 aliphatic carbocycles. The zero-order valence-electron chi connectivity index (χ0n) is 16.0. The van der Waals surface area contributed by atoms with E-state index in [9.17, 15) is 26.4 Å². The van der Waals surface area contributed by atoms with Gasteiger partial charge in [-0.25, -0.2) is 13.1 Å². The molecule has 164 valence electrons. The van der Waals surface area contributed by atoms with Crippen LogP contribution in [0, 0.1) is 0 Å². The molecule has 0 saturated heterocycles. The first kappa shape index (κ1) is 22.8. The summed E-state index contributed by atoms with van der Waals surface area (Å²) >= 11 is 5.74. The molecule has 3 rings (SSSR count). The van der Waals surface area contributed by atoms with Crippen molar-refractivity contribution in [3.8, 4) is 5.69 Å². The van der Waals surface area contributed by atoms with E-state index in [0.717, 1.165) is 23.5 Å². The molecule has 0 aliphatic rings. The summed E-state index contributed by atoms with van der Waals surface area (Å²) in [5.41, 5.74) is -1.43. The quantitative estimate of drug-likeness (QED) is 0.591. The van der Waals surface area contributed by atoms with E-state index < -0.39 is 39.9 Å². The van der Waals surface area contributed by atoms with Gasteiger partial charge in [-0.05, 0) is 48.5 Å². The third-order valence-electron chi connectivity index (χ3n) is 4.24. The number of hydrogen-bond acceptors (Lipinski definition) is 4. The summed E-state index contributed by atoms with van der Waals surface area (Å²) in [4.78, 5) is 12.2. The van der Waals surface area contributed by atoms with E-state index >= 15 is 0 Å². The van der Waals surface area contributed by atoms with Crippen LogP contribution in [0.15, 0.2) is 65.8 Å². The van der Waals surface area contributed by atoms with E-state index in [1.807, 2.05) is 0 Å². The Balaban J connectivity index is 1.80. The lowest BCUT2D eigenvalue weighted by Gasteiger charge is -2.19. The highest BCUT2D eigenvalue weighted by molar-refractivity contribution is 7.89. The molecule has 0 unspecified atom stereocenters. The molecule has 1 aromatic heterocycles. The number of aromatic nitrogens is 2. The Bertz CT molecular complexity index is 1180. The summed E-state index contributed by atoms with van der Waals surface area (Å²) < 4.78 is 67.7. The van der Waals surface area contributed by atoms with Crippen LogP contribution in [0.3, 0.4) is 0 Å². The predicted octanol–water partition coefficient (Wildman–Crippen LogP) is 3.80. The number of halogens is 4. The Morgan fingerprint density at radius 1 is 1.19 bits per heavy atom. The number of carbonyl (C=O) groups is 1. The van der Waals surface area contributed by atoms with Gasteiger partial charge in [0.25, 0.3) is 0 Å². The van der Waals surface area contributed by atoms with Gasteiger partial charge in [-0.3, -0.25) is 4.79 Å². The number of benzene rings is 2. The first-order valence-electron chi connectivity index (χ1n) is 8.71. The van der Waals surface area contributed by atoms with Crippen molar-refractivity contribution in [3.63, 3.8) is 0 Å². The van der Waals surface area contributed by atoms with Gasteiger partial charge in [-0.2, -0.15) is 22.6 Å². The van der Waals surface area contributed by atoms with Crippen molar-refractivity contribution in [2.45, 2.75) is 11.1 Å². The van der Waals surface area contributed by atoms with Crippen LogP contribution in [0.1, 0.15) is 5.56 Å². The van der Waals surface area contributed by atoms with Crippen LogP contribution in [-0.4, -0.2) is 42.0 Å². The number of nitrogens with one attached hydrogen (secondary N) is 1. The normalized spacial score (nSPS) is 12.2. The number of anilines is 1. The summed E-state index contributed by atoms with van der Waals surface area (Å²) in [6.45, 7) is -0.691. The molecule has 0 atom stereocenters. The highest BCUT2D eigenvalue weighted by Gasteiger charge is 2.35. The van der Waals surface area contributed by atoms with Gasteiger partial charge in [0.05, 0.1) is 28.4 Å². The van der Waals surface area contributed by atoms with E-state index in [1.165, 1.54) is 47.4 Å². The smallest absolute Gasteiger partial charge is 0.324 e. The Morgan fingerprint density at radius 2 is 1.87 bits per heavy atom. The van der Waals surface area contributed by atoms with Gasteiger partial charge < -0.3 is 5.32 Å². The van der Waals surface area contributed by atoms with Crippen LogP contribution < -0.4 is 5.32 Å². The van der Waals surface area contributed by atoms with Crippen LogP contribution in [0.25, 0.3) is 5.69 Å². The molecular weight excluding hydrogens is 457 g/mol. The lowest BCUT2D eigenvalue weighted by Crippen LogP contribution is -2.35. The van der Waals surface area contributed by atoms with E-state index in [1.54, 1.807) is 6.07 Å². The monoisotopic (exact) mass is 472 g/mol. The SMILES string of the molecule is CN(CC(=O)Nc1ccc(-n2cccn2)cc1C(F)(F)F)S(=O)(=O)c1ccc(Cl)cc1. The van der Waals surface area contributed by atoms with Crippen LogP contribution >= 0.6 is 11.6 Å². The van der Waals surface area contributed by atoms with Crippen LogP contribution in [0.4, 0.5) is 18.9 Å². The van der Waals surface area contributed by atoms with Gasteiger partial charge in [-0.15, -0.1) is 0 Å². The Hall–Kier alpha value is -2.89. The zero-order chi connectivity index (χ0) is 22.8. The minimum atomic E-state index is -4.76. The first-order valence-corrected chi connectivity index (χ1v) is 10.5. The number of carbonyl (C=O) groups excluding carboxylic acids is 1. The summed E-state index contributed by atoms with van der Waals surface area (Å²) in [7, 11) is -2.89. The molecule has 31 heavy (non-hydrogen) atoms. The maximum absolute atomic E-state index is 13.5. The summed E-state index contributed by atoms with van der Waals surface area (Å²) in [5.74, 6) is -0.933. The Morgan fingerprint density at radius 3 is 2.45 bits per heavy atom. The van der Waals surface area contributed by atoms with Crippen molar-refractivity contribution in [1.29, 1.82) is 0 Å². The largest absolute Gasteiger partial charge is 0.418 e. The number of rotatable bonds is 6. The van der Waals surface area contributed by atoms with Gasteiger partial charge in [0.1, 0.15) is 0 Å². The molecule has 0 radical (unpaired) electrons. The van der Waals surface area contributed by atoms with Gasteiger partial charge >= 0.3 is 6.18 Å². The molecule has 1 N–H and O–H groups in total. The predicted molar refractivity (Wildman–Crippen MR) is 108 cm³/mol. The fourth-order valence-electron chi connectivity index (χ4n) is 2.70. The molecule has 3 aromatic rings. The van der Waals surface area contributed by atoms with Gasteiger partial charge in [0.15, 0.2) is 0 Å². The maximum Gasteiger partial charge on any atom is 0.418 e. The van der Waals surface area contributed by atoms with Crippen molar-refractivity contribution >= 4 is 33.2 Å². The molecule has 0 aliphatic heterocycles. The molecule has 0 fully saturated rings. The van der Waals surface area contributed by atoms with Crippen LogP contribution in [-0.2, 0) is 21.0 Å². The minimum absolute atomic E-state index is 0.105. The van der Waals surface area contributed by atoms with Gasteiger partial charge in [0, 0.05) is 24.5 Å². The number of sulfonamides is 1. The number of alkyl halides is 3. The first-order chi connectivity index (χ1) is 14.5.